The number of thiophene rings is 1. The quantitative estimate of drug-likeness (QED) is 0.414. The van der Waals surface area contributed by atoms with Gasteiger partial charge in [0, 0.05) is 11.7 Å². The van der Waals surface area contributed by atoms with Gasteiger partial charge in [0.05, 0.1) is 29.9 Å². The number of amides is 2. The second-order valence-corrected chi connectivity index (χ2v) is 9.61. The lowest BCUT2D eigenvalue weighted by atomic mass is 10.1. The van der Waals surface area contributed by atoms with E-state index < -0.39 is 0 Å². The molecule has 0 saturated carbocycles. The molecule has 2 amide bonds. The summed E-state index contributed by atoms with van der Waals surface area (Å²) in [6.45, 7) is 5.66. The Morgan fingerprint density at radius 3 is 2.50 bits per heavy atom. The fourth-order valence-corrected chi connectivity index (χ4v) is 4.58. The number of carbonyl (C=O) groups excluding carboxylic acids is 2. The van der Waals surface area contributed by atoms with Gasteiger partial charge in [-0.2, -0.15) is 0 Å². The third kappa shape index (κ3) is 6.09. The van der Waals surface area contributed by atoms with Crippen molar-refractivity contribution in [1.29, 1.82) is 0 Å². The molecule has 2 N–H and O–H groups in total. The molecule has 3 aromatic rings. The number of halogens is 1. The van der Waals surface area contributed by atoms with Crippen LogP contribution in [-0.2, 0) is 22.4 Å². The van der Waals surface area contributed by atoms with Crippen molar-refractivity contribution in [2.75, 3.05) is 26.1 Å². The molecule has 0 aliphatic carbocycles. The number of hydrogen-bond acceptors (Lipinski definition) is 6. The van der Waals surface area contributed by atoms with Crippen LogP contribution in [-0.4, -0.2) is 53.5 Å². The van der Waals surface area contributed by atoms with Gasteiger partial charge in [-0.3, -0.25) is 14.9 Å². The van der Waals surface area contributed by atoms with Gasteiger partial charge in [-0.05, 0) is 50.1 Å². The maximum Gasteiger partial charge on any atom is 0.246 e. The number of benzene rings is 1. The van der Waals surface area contributed by atoms with Crippen LogP contribution in [0.15, 0.2) is 30.3 Å². The molecule has 0 spiro atoms. The second kappa shape index (κ2) is 11.4. The minimum atomic E-state index is -0.332. The van der Waals surface area contributed by atoms with Crippen LogP contribution >= 0.6 is 22.9 Å². The van der Waals surface area contributed by atoms with Crippen molar-refractivity contribution in [3.05, 3.63) is 45.9 Å². The Morgan fingerprint density at radius 2 is 1.91 bits per heavy atom. The van der Waals surface area contributed by atoms with Crippen molar-refractivity contribution in [2.45, 2.75) is 39.7 Å². The Balaban J connectivity index is 1.69. The van der Waals surface area contributed by atoms with Crippen LogP contribution in [0.5, 0.6) is 11.5 Å². The Hall–Kier alpha value is -3.04. The molecule has 0 unspecified atom stereocenters. The van der Waals surface area contributed by atoms with Gasteiger partial charge in [0.2, 0.25) is 17.8 Å². The summed E-state index contributed by atoms with van der Waals surface area (Å²) in [4.78, 5) is 36.0. The highest BCUT2D eigenvalue weighted by Gasteiger charge is 2.22. The first-order valence-corrected chi connectivity index (χ1v) is 12.1. The van der Waals surface area contributed by atoms with E-state index in [0.29, 0.717) is 21.8 Å². The van der Waals surface area contributed by atoms with Gasteiger partial charge in [0.25, 0.3) is 0 Å². The molecule has 10 heteroatoms. The number of imidazole rings is 1. The van der Waals surface area contributed by atoms with Crippen molar-refractivity contribution in [3.8, 4) is 22.1 Å². The lowest BCUT2D eigenvalue weighted by molar-refractivity contribution is -0.135. The topological polar surface area (TPSA) is 96.6 Å². The number of nitrogens with zero attached hydrogens (tertiary/aromatic N) is 2. The van der Waals surface area contributed by atoms with Crippen molar-refractivity contribution in [2.24, 2.45) is 0 Å². The first-order valence-electron chi connectivity index (χ1n) is 10.9. The molecule has 182 valence electrons. The molecule has 0 bridgehead atoms. The smallest absolute Gasteiger partial charge is 0.246 e. The molecule has 1 aromatic carbocycles. The number of carbonyl (C=O) groups is 2. The molecule has 0 fully saturated rings. The second-order valence-electron chi connectivity index (χ2n) is 7.90. The number of rotatable bonds is 10. The zero-order valence-electron chi connectivity index (χ0n) is 19.9. The summed E-state index contributed by atoms with van der Waals surface area (Å²) in [5, 5.41) is 2.79. The highest BCUT2D eigenvalue weighted by Crippen LogP contribution is 2.33. The Morgan fingerprint density at radius 1 is 1.18 bits per heavy atom. The number of aromatic nitrogens is 2. The molecular weight excluding hydrogens is 476 g/mol. The van der Waals surface area contributed by atoms with Gasteiger partial charge in [-0.15, -0.1) is 11.3 Å². The first kappa shape index (κ1) is 25.6. The van der Waals surface area contributed by atoms with E-state index in [1.54, 1.807) is 26.4 Å². The highest BCUT2D eigenvalue weighted by molar-refractivity contribution is 7.19. The molecule has 0 atom stereocenters. The Bertz CT molecular complexity index is 1160. The number of anilines is 1. The van der Waals surface area contributed by atoms with Crippen LogP contribution in [0.1, 0.15) is 32.0 Å². The fourth-order valence-electron chi connectivity index (χ4n) is 3.52. The van der Waals surface area contributed by atoms with E-state index in [0.717, 1.165) is 28.2 Å². The monoisotopic (exact) mass is 504 g/mol. The van der Waals surface area contributed by atoms with Crippen molar-refractivity contribution in [1.82, 2.24) is 14.9 Å². The van der Waals surface area contributed by atoms with E-state index in [2.05, 4.69) is 15.3 Å². The van der Waals surface area contributed by atoms with E-state index in [1.165, 1.54) is 16.2 Å². The van der Waals surface area contributed by atoms with Gasteiger partial charge < -0.3 is 19.4 Å². The molecule has 3 rings (SSSR count). The zero-order chi connectivity index (χ0) is 24.8. The van der Waals surface area contributed by atoms with Crippen LogP contribution in [0.25, 0.3) is 10.6 Å². The van der Waals surface area contributed by atoms with E-state index >= 15 is 0 Å². The molecule has 0 aliphatic rings. The largest absolute Gasteiger partial charge is 0.493 e. The minimum absolute atomic E-state index is 0.0912. The summed E-state index contributed by atoms with van der Waals surface area (Å²) < 4.78 is 11.2. The summed E-state index contributed by atoms with van der Waals surface area (Å²) in [7, 11) is 3.11. The lowest BCUT2D eigenvalue weighted by Crippen LogP contribution is -2.43. The van der Waals surface area contributed by atoms with E-state index in [9.17, 15) is 9.59 Å². The van der Waals surface area contributed by atoms with Gasteiger partial charge in [0.1, 0.15) is 12.2 Å². The molecule has 0 saturated heterocycles. The molecule has 2 aromatic heterocycles. The van der Waals surface area contributed by atoms with Crippen molar-refractivity contribution >= 4 is 40.7 Å². The third-order valence-corrected chi connectivity index (χ3v) is 6.50. The summed E-state index contributed by atoms with van der Waals surface area (Å²) in [5.74, 6) is 0.987. The number of methoxy groups -OCH3 is 2. The van der Waals surface area contributed by atoms with Crippen LogP contribution in [0.4, 0.5) is 5.95 Å². The maximum absolute atomic E-state index is 13.0. The zero-order valence-corrected chi connectivity index (χ0v) is 21.5. The fraction of sp³-hybridized carbons (Fsp3) is 0.375. The van der Waals surface area contributed by atoms with Gasteiger partial charge in [-0.1, -0.05) is 24.6 Å². The average molecular weight is 505 g/mol. The van der Waals surface area contributed by atoms with Crippen LogP contribution in [0.3, 0.4) is 0 Å². The molecular formula is C24H29ClN4O4S. The standard InChI is InChI=1S/C24H29ClN4O4S/c1-6-16-23(19-9-10-20(25)34-19)28-24(26-16)27-21(30)13-29(14(2)3)22(31)12-15-7-8-17(32-4)18(11-15)33-5/h7-11,14H,6,12-13H2,1-5H3,(H2,26,27,28,30). The van der Waals surface area contributed by atoms with Crippen LogP contribution in [0.2, 0.25) is 4.34 Å². The average Bonchev–Trinajstić information content (AvgIpc) is 3.42. The summed E-state index contributed by atoms with van der Waals surface area (Å²) in [5.41, 5.74) is 2.44. The summed E-state index contributed by atoms with van der Waals surface area (Å²) in [6.07, 6.45) is 0.853. The molecule has 0 aliphatic heterocycles. The number of H-pyrrole nitrogens is 1. The number of aromatic amines is 1. The first-order chi connectivity index (χ1) is 16.2. The Labute approximate surface area is 208 Å². The van der Waals surface area contributed by atoms with E-state index in [4.69, 9.17) is 21.1 Å². The van der Waals surface area contributed by atoms with Crippen LogP contribution < -0.4 is 14.8 Å². The number of aryl methyl sites for hydroxylation is 1. The third-order valence-electron chi connectivity index (χ3n) is 5.26. The normalized spacial score (nSPS) is 10.9. The van der Waals surface area contributed by atoms with Gasteiger partial charge in [0.15, 0.2) is 11.5 Å². The van der Waals surface area contributed by atoms with Gasteiger partial charge >= 0.3 is 0 Å². The predicted octanol–water partition coefficient (Wildman–Crippen LogP) is 4.79. The lowest BCUT2D eigenvalue weighted by Gasteiger charge is -2.26. The number of hydrogen-bond donors (Lipinski definition) is 2. The molecule has 2 heterocycles. The predicted molar refractivity (Wildman–Crippen MR) is 135 cm³/mol. The Kier molecular flexibility index (Phi) is 8.57. The van der Waals surface area contributed by atoms with Gasteiger partial charge in [-0.25, -0.2) is 4.98 Å². The highest BCUT2D eigenvalue weighted by atomic mass is 35.5. The van der Waals surface area contributed by atoms with Crippen molar-refractivity contribution in [3.63, 3.8) is 0 Å². The SMILES string of the molecule is CCc1[nH]c(NC(=O)CN(C(=O)Cc2ccc(OC)c(OC)c2)C(C)C)nc1-c1ccc(Cl)s1. The minimum Gasteiger partial charge on any atom is -0.493 e. The number of nitrogens with one attached hydrogen (secondary N) is 2. The van der Waals surface area contributed by atoms with Crippen LogP contribution in [0, 0.1) is 0 Å². The summed E-state index contributed by atoms with van der Waals surface area (Å²) >= 11 is 7.49. The molecule has 34 heavy (non-hydrogen) atoms. The summed E-state index contributed by atoms with van der Waals surface area (Å²) in [6, 6.07) is 8.90. The molecule has 0 radical (unpaired) electrons. The van der Waals surface area contributed by atoms with E-state index in [1.807, 2.05) is 39.0 Å². The van der Waals surface area contributed by atoms with Crippen molar-refractivity contribution < 1.29 is 19.1 Å². The van der Waals surface area contributed by atoms with E-state index in [-0.39, 0.29) is 30.8 Å². The maximum atomic E-state index is 13.0. The number of ether oxygens (including phenoxy) is 2. The molecule has 8 nitrogen and oxygen atoms in total.